The molecule has 0 aliphatic heterocycles. The van der Waals surface area contributed by atoms with Gasteiger partial charge in [-0.15, -0.1) is 0 Å². The molecule has 152 valence electrons. The van der Waals surface area contributed by atoms with Crippen LogP contribution in [-0.4, -0.2) is 11.1 Å². The van der Waals surface area contributed by atoms with E-state index in [0.717, 1.165) is 31.2 Å². The van der Waals surface area contributed by atoms with Gasteiger partial charge in [0.25, 0.3) is 0 Å². The summed E-state index contributed by atoms with van der Waals surface area (Å²) in [6, 6.07) is 14.3. The van der Waals surface area contributed by atoms with E-state index in [4.69, 9.17) is 0 Å². The van der Waals surface area contributed by atoms with Gasteiger partial charge in [-0.3, -0.25) is 0 Å². The zero-order chi connectivity index (χ0) is 20.4. The van der Waals surface area contributed by atoms with Gasteiger partial charge >= 0.3 is 5.97 Å². The van der Waals surface area contributed by atoms with E-state index in [0.29, 0.717) is 11.5 Å². The minimum absolute atomic E-state index is 0.386. The van der Waals surface area contributed by atoms with Crippen molar-refractivity contribution in [1.82, 2.24) is 0 Å². The van der Waals surface area contributed by atoms with E-state index in [1.165, 1.54) is 48.8 Å². The summed E-state index contributed by atoms with van der Waals surface area (Å²) in [7, 11) is 0. The Morgan fingerprint density at radius 1 is 0.893 bits per heavy atom. The Bertz CT molecular complexity index is 748. The van der Waals surface area contributed by atoms with Gasteiger partial charge in [-0.1, -0.05) is 89.6 Å². The lowest BCUT2D eigenvalue weighted by molar-refractivity contribution is 0.0697. The number of hydrogen-bond acceptors (Lipinski definition) is 1. The van der Waals surface area contributed by atoms with Crippen LogP contribution in [0.1, 0.15) is 87.2 Å². The maximum atomic E-state index is 11.4. The first-order chi connectivity index (χ1) is 13.6. The van der Waals surface area contributed by atoms with E-state index in [9.17, 15) is 9.90 Å². The van der Waals surface area contributed by atoms with Gasteiger partial charge in [-0.25, -0.2) is 4.79 Å². The predicted octanol–water partition coefficient (Wildman–Crippen LogP) is 7.54. The average molecular weight is 381 g/mol. The van der Waals surface area contributed by atoms with Crippen molar-refractivity contribution in [1.29, 1.82) is 0 Å². The molecular formula is C26H36O2. The molecule has 0 spiro atoms. The molecule has 0 aliphatic carbocycles. The Kier molecular flexibility index (Phi) is 9.27. The number of aryl methyl sites for hydroxylation is 1. The Morgan fingerprint density at radius 2 is 1.61 bits per heavy atom. The topological polar surface area (TPSA) is 37.3 Å². The second kappa shape index (κ2) is 11.7. The number of aromatic carboxylic acids is 1. The van der Waals surface area contributed by atoms with Crippen LogP contribution >= 0.6 is 0 Å². The Balaban J connectivity index is 2.26. The highest BCUT2D eigenvalue weighted by atomic mass is 16.4. The fourth-order valence-corrected chi connectivity index (χ4v) is 3.92. The molecule has 1 N–H and O–H groups in total. The quantitative estimate of drug-likeness (QED) is 0.386. The molecule has 2 nitrogen and oxygen atoms in total. The third-order valence-electron chi connectivity index (χ3n) is 5.58. The highest BCUT2D eigenvalue weighted by molar-refractivity contribution is 5.89. The highest BCUT2D eigenvalue weighted by Crippen LogP contribution is 2.31. The standard InChI is InChI=1S/C26H36O2/c1-4-6-8-9-12-20(3)18-21-14-10-11-15-24(21)25-17-16-23(26(27)28)19-22(25)13-7-5-2/h10-11,14-17,19-20H,4-9,12-13,18H2,1-3H3,(H,27,28). The number of hydrogen-bond donors (Lipinski definition) is 1. The van der Waals surface area contributed by atoms with Crippen LogP contribution in [0.2, 0.25) is 0 Å². The SMILES string of the molecule is CCCCCCC(C)Cc1ccccc1-c1ccc(C(=O)O)cc1CCCC. The van der Waals surface area contributed by atoms with Crippen LogP contribution in [0.15, 0.2) is 42.5 Å². The first-order valence-corrected chi connectivity index (χ1v) is 11.0. The summed E-state index contributed by atoms with van der Waals surface area (Å²) in [5, 5.41) is 9.39. The van der Waals surface area contributed by atoms with Gasteiger partial charge in [0, 0.05) is 0 Å². The Hall–Kier alpha value is -2.09. The van der Waals surface area contributed by atoms with Crippen molar-refractivity contribution in [3.05, 3.63) is 59.2 Å². The molecule has 2 aromatic carbocycles. The molecule has 0 bridgehead atoms. The summed E-state index contributed by atoms with van der Waals surface area (Å²) in [4.78, 5) is 11.4. The normalized spacial score (nSPS) is 12.1. The summed E-state index contributed by atoms with van der Waals surface area (Å²) in [5.41, 5.74) is 5.39. The van der Waals surface area contributed by atoms with Crippen LogP contribution in [0.3, 0.4) is 0 Å². The minimum atomic E-state index is -0.849. The monoisotopic (exact) mass is 380 g/mol. The lowest BCUT2D eigenvalue weighted by atomic mass is 9.87. The summed E-state index contributed by atoms with van der Waals surface area (Å²) >= 11 is 0. The fourth-order valence-electron chi connectivity index (χ4n) is 3.92. The molecule has 2 rings (SSSR count). The molecule has 0 saturated carbocycles. The molecule has 2 aromatic rings. The Labute approximate surface area is 171 Å². The van der Waals surface area contributed by atoms with Gasteiger partial charge in [0.15, 0.2) is 0 Å². The van der Waals surface area contributed by atoms with Crippen molar-refractivity contribution in [2.75, 3.05) is 0 Å². The van der Waals surface area contributed by atoms with Gasteiger partial charge in [-0.2, -0.15) is 0 Å². The predicted molar refractivity (Wildman–Crippen MR) is 119 cm³/mol. The zero-order valence-electron chi connectivity index (χ0n) is 17.8. The van der Waals surface area contributed by atoms with Crippen LogP contribution in [0.25, 0.3) is 11.1 Å². The average Bonchev–Trinajstić information content (AvgIpc) is 2.70. The summed E-state index contributed by atoms with van der Waals surface area (Å²) in [6.45, 7) is 6.79. The van der Waals surface area contributed by atoms with E-state index in [1.54, 1.807) is 6.07 Å². The van der Waals surface area contributed by atoms with Gasteiger partial charge < -0.3 is 5.11 Å². The summed E-state index contributed by atoms with van der Waals surface area (Å²) in [6.07, 6.45) is 10.7. The van der Waals surface area contributed by atoms with E-state index in [-0.39, 0.29) is 0 Å². The lowest BCUT2D eigenvalue weighted by Gasteiger charge is -2.18. The second-order valence-corrected chi connectivity index (χ2v) is 8.10. The minimum Gasteiger partial charge on any atom is -0.478 e. The van der Waals surface area contributed by atoms with Gasteiger partial charge in [0.1, 0.15) is 0 Å². The molecule has 2 heteroatoms. The van der Waals surface area contributed by atoms with Crippen LogP contribution < -0.4 is 0 Å². The summed E-state index contributed by atoms with van der Waals surface area (Å²) in [5.74, 6) is -0.186. The smallest absolute Gasteiger partial charge is 0.335 e. The first kappa shape index (κ1) is 22.2. The maximum absolute atomic E-state index is 11.4. The molecule has 1 atom stereocenters. The molecule has 28 heavy (non-hydrogen) atoms. The molecule has 1 unspecified atom stereocenters. The summed E-state index contributed by atoms with van der Waals surface area (Å²) < 4.78 is 0. The van der Waals surface area contributed by atoms with Crippen molar-refractivity contribution in [2.45, 2.75) is 78.6 Å². The van der Waals surface area contributed by atoms with Crippen LogP contribution in [0, 0.1) is 5.92 Å². The third kappa shape index (κ3) is 6.51. The van der Waals surface area contributed by atoms with E-state index < -0.39 is 5.97 Å². The van der Waals surface area contributed by atoms with Crippen molar-refractivity contribution in [3.63, 3.8) is 0 Å². The number of rotatable bonds is 12. The largest absolute Gasteiger partial charge is 0.478 e. The zero-order valence-corrected chi connectivity index (χ0v) is 17.8. The lowest BCUT2D eigenvalue weighted by Crippen LogP contribution is -2.04. The van der Waals surface area contributed by atoms with Crippen LogP contribution in [-0.2, 0) is 12.8 Å². The fraction of sp³-hybridized carbons (Fsp3) is 0.500. The number of unbranched alkanes of at least 4 members (excludes halogenated alkanes) is 4. The second-order valence-electron chi connectivity index (χ2n) is 8.10. The van der Waals surface area contributed by atoms with Crippen molar-refractivity contribution >= 4 is 5.97 Å². The molecule has 0 heterocycles. The number of carbonyl (C=O) groups is 1. The number of carboxylic acid groups (broad SMARTS) is 1. The van der Waals surface area contributed by atoms with Crippen molar-refractivity contribution in [2.24, 2.45) is 5.92 Å². The van der Waals surface area contributed by atoms with Gasteiger partial charge in [-0.05, 0) is 59.6 Å². The van der Waals surface area contributed by atoms with E-state index in [1.807, 2.05) is 12.1 Å². The van der Waals surface area contributed by atoms with E-state index >= 15 is 0 Å². The highest BCUT2D eigenvalue weighted by Gasteiger charge is 2.14. The number of carboxylic acids is 1. The van der Waals surface area contributed by atoms with Gasteiger partial charge in [0.2, 0.25) is 0 Å². The van der Waals surface area contributed by atoms with Crippen LogP contribution in [0.4, 0.5) is 0 Å². The molecule has 0 amide bonds. The molecular weight excluding hydrogens is 344 g/mol. The first-order valence-electron chi connectivity index (χ1n) is 11.0. The molecule has 0 fully saturated rings. The maximum Gasteiger partial charge on any atom is 0.335 e. The van der Waals surface area contributed by atoms with Crippen LogP contribution in [0.5, 0.6) is 0 Å². The molecule has 0 radical (unpaired) electrons. The third-order valence-corrected chi connectivity index (χ3v) is 5.58. The van der Waals surface area contributed by atoms with Crippen molar-refractivity contribution < 1.29 is 9.90 Å². The molecule has 0 aliphatic rings. The van der Waals surface area contributed by atoms with E-state index in [2.05, 4.69) is 45.0 Å². The van der Waals surface area contributed by atoms with Crippen molar-refractivity contribution in [3.8, 4) is 11.1 Å². The Morgan fingerprint density at radius 3 is 2.32 bits per heavy atom. The molecule has 0 saturated heterocycles. The number of benzene rings is 2. The van der Waals surface area contributed by atoms with Gasteiger partial charge in [0.05, 0.1) is 5.56 Å². The molecule has 0 aromatic heterocycles.